The van der Waals surface area contributed by atoms with Gasteiger partial charge in [-0.15, -0.1) is 0 Å². The first-order chi connectivity index (χ1) is 15.2. The van der Waals surface area contributed by atoms with Crippen LogP contribution in [0.2, 0.25) is 0 Å². The number of likely N-dealkylation sites (tertiary alicyclic amines) is 1. The number of nitrogens with one attached hydrogen (secondary N) is 1. The minimum atomic E-state index is -0.0752. The lowest BCUT2D eigenvalue weighted by molar-refractivity contribution is 0.0613. The number of nitrogens with zero attached hydrogens (tertiary/aromatic N) is 5. The number of hydrogen-bond acceptors (Lipinski definition) is 6. The molecule has 0 radical (unpaired) electrons. The van der Waals surface area contributed by atoms with Crippen molar-refractivity contribution in [1.82, 2.24) is 29.7 Å². The molecule has 0 spiro atoms. The van der Waals surface area contributed by atoms with Crippen molar-refractivity contribution in [3.8, 4) is 0 Å². The number of rotatable bonds is 6. The summed E-state index contributed by atoms with van der Waals surface area (Å²) < 4.78 is 7.72. The Hall–Kier alpha value is -2.84. The van der Waals surface area contributed by atoms with Crippen molar-refractivity contribution in [2.75, 3.05) is 26.2 Å². The van der Waals surface area contributed by atoms with Crippen molar-refractivity contribution in [3.63, 3.8) is 0 Å². The van der Waals surface area contributed by atoms with Gasteiger partial charge in [0.05, 0.1) is 24.5 Å². The van der Waals surface area contributed by atoms with Crippen molar-refractivity contribution >= 4 is 17.1 Å². The second kappa shape index (κ2) is 9.11. The molecule has 2 aliphatic heterocycles. The van der Waals surface area contributed by atoms with E-state index in [1.54, 1.807) is 18.7 Å². The van der Waals surface area contributed by atoms with E-state index in [0.29, 0.717) is 18.2 Å². The third-order valence-corrected chi connectivity index (χ3v) is 6.20. The average Bonchev–Trinajstić information content (AvgIpc) is 3.46. The van der Waals surface area contributed by atoms with E-state index in [0.717, 1.165) is 55.8 Å². The maximum absolute atomic E-state index is 12.8. The third-order valence-electron chi connectivity index (χ3n) is 6.20. The molecule has 1 atom stereocenters. The average molecular weight is 421 g/mol. The van der Waals surface area contributed by atoms with Crippen molar-refractivity contribution in [2.45, 2.75) is 44.4 Å². The molecule has 0 saturated carbocycles. The number of amides is 1. The first kappa shape index (κ1) is 20.1. The van der Waals surface area contributed by atoms with Gasteiger partial charge >= 0.3 is 0 Å². The summed E-state index contributed by atoms with van der Waals surface area (Å²) in [6.45, 7) is 4.56. The Balaban J connectivity index is 1.17. The lowest BCUT2D eigenvalue weighted by Crippen LogP contribution is -2.46. The van der Waals surface area contributed by atoms with E-state index in [9.17, 15) is 4.79 Å². The van der Waals surface area contributed by atoms with Gasteiger partial charge in [0.1, 0.15) is 5.52 Å². The van der Waals surface area contributed by atoms with Gasteiger partial charge in [-0.1, -0.05) is 6.07 Å². The summed E-state index contributed by atoms with van der Waals surface area (Å²) >= 11 is 0. The zero-order chi connectivity index (χ0) is 21.0. The van der Waals surface area contributed by atoms with E-state index in [1.807, 2.05) is 29.0 Å². The smallest absolute Gasteiger partial charge is 0.253 e. The Morgan fingerprint density at radius 3 is 2.87 bits per heavy atom. The summed E-state index contributed by atoms with van der Waals surface area (Å²) in [5, 5.41) is 3.18. The number of pyridine rings is 2. The Bertz CT molecular complexity index is 1020. The molecule has 5 heterocycles. The fraction of sp³-hybridized carbons (Fsp3) is 0.478. The number of ether oxygens (including phenoxy) is 1. The molecular weight excluding hydrogens is 392 g/mol. The first-order valence-corrected chi connectivity index (χ1v) is 11.1. The molecule has 31 heavy (non-hydrogen) atoms. The van der Waals surface area contributed by atoms with Gasteiger partial charge in [-0.3, -0.25) is 9.78 Å². The Labute approximate surface area is 181 Å². The van der Waals surface area contributed by atoms with E-state index >= 15 is 0 Å². The van der Waals surface area contributed by atoms with Gasteiger partial charge in [-0.2, -0.15) is 0 Å². The van der Waals surface area contributed by atoms with Crippen LogP contribution in [0.3, 0.4) is 0 Å². The van der Waals surface area contributed by atoms with E-state index in [2.05, 4.69) is 25.2 Å². The standard InChI is InChI=1S/C23H28N6O2/c30-23(27-19-5-8-28(9-6-19)15-20-4-2-10-31-20)18-11-21-22(25-13-18)29(16-26-21)14-17-3-1-7-24-12-17/h1,3,7,11-13,16,19-20H,2,4-6,8-10,14-15H2,(H,27,30). The van der Waals surface area contributed by atoms with Crippen LogP contribution in [0.4, 0.5) is 0 Å². The molecule has 3 aromatic heterocycles. The fourth-order valence-electron chi connectivity index (χ4n) is 4.48. The molecular formula is C23H28N6O2. The molecule has 1 N–H and O–H groups in total. The molecule has 1 unspecified atom stereocenters. The van der Waals surface area contributed by atoms with E-state index in [1.165, 1.54) is 12.8 Å². The van der Waals surface area contributed by atoms with Crippen molar-refractivity contribution < 1.29 is 9.53 Å². The second-order valence-electron chi connectivity index (χ2n) is 8.48. The van der Waals surface area contributed by atoms with Crippen LogP contribution < -0.4 is 5.32 Å². The summed E-state index contributed by atoms with van der Waals surface area (Å²) in [4.78, 5) is 28.4. The molecule has 5 rings (SSSR count). The molecule has 2 saturated heterocycles. The number of imidazole rings is 1. The van der Waals surface area contributed by atoms with Gasteiger partial charge in [0, 0.05) is 50.9 Å². The Morgan fingerprint density at radius 1 is 1.19 bits per heavy atom. The summed E-state index contributed by atoms with van der Waals surface area (Å²) in [6, 6.07) is 5.96. The molecule has 8 nitrogen and oxygen atoms in total. The Kier molecular flexibility index (Phi) is 5.90. The summed E-state index contributed by atoms with van der Waals surface area (Å²) in [6.07, 6.45) is 11.7. The molecule has 0 aromatic carbocycles. The van der Waals surface area contributed by atoms with Gasteiger partial charge in [-0.25, -0.2) is 9.97 Å². The van der Waals surface area contributed by atoms with Crippen LogP contribution in [0.5, 0.6) is 0 Å². The van der Waals surface area contributed by atoms with Gasteiger partial charge in [0.2, 0.25) is 0 Å². The lowest BCUT2D eigenvalue weighted by atomic mass is 10.0. The molecule has 162 valence electrons. The largest absolute Gasteiger partial charge is 0.377 e. The third kappa shape index (κ3) is 4.75. The first-order valence-electron chi connectivity index (χ1n) is 11.1. The van der Waals surface area contributed by atoms with Crippen LogP contribution in [0, 0.1) is 0 Å². The molecule has 3 aromatic rings. The summed E-state index contributed by atoms with van der Waals surface area (Å²) in [5.74, 6) is -0.0752. The highest BCUT2D eigenvalue weighted by Crippen LogP contribution is 2.18. The minimum absolute atomic E-state index is 0.0752. The number of carbonyl (C=O) groups is 1. The van der Waals surface area contributed by atoms with Crippen LogP contribution in [-0.4, -0.2) is 68.7 Å². The topological polar surface area (TPSA) is 85.2 Å². The highest BCUT2D eigenvalue weighted by Gasteiger charge is 2.25. The zero-order valence-corrected chi connectivity index (χ0v) is 17.6. The number of aromatic nitrogens is 4. The monoisotopic (exact) mass is 420 g/mol. The van der Waals surface area contributed by atoms with Gasteiger partial charge in [-0.05, 0) is 43.4 Å². The molecule has 8 heteroatoms. The molecule has 2 aliphatic rings. The predicted octanol–water partition coefficient (Wildman–Crippen LogP) is 2.25. The van der Waals surface area contributed by atoms with Crippen LogP contribution >= 0.6 is 0 Å². The normalized spacial score (nSPS) is 20.3. The number of hydrogen-bond donors (Lipinski definition) is 1. The van der Waals surface area contributed by atoms with Crippen molar-refractivity contribution in [1.29, 1.82) is 0 Å². The van der Waals surface area contributed by atoms with Crippen molar-refractivity contribution in [3.05, 3.63) is 54.2 Å². The van der Waals surface area contributed by atoms with Gasteiger partial charge < -0.3 is 19.5 Å². The molecule has 0 bridgehead atoms. The molecule has 0 aliphatic carbocycles. The van der Waals surface area contributed by atoms with E-state index in [4.69, 9.17) is 4.74 Å². The van der Waals surface area contributed by atoms with Crippen LogP contribution in [0.1, 0.15) is 41.6 Å². The number of carbonyl (C=O) groups excluding carboxylic acids is 1. The Morgan fingerprint density at radius 2 is 2.10 bits per heavy atom. The summed E-state index contributed by atoms with van der Waals surface area (Å²) in [7, 11) is 0. The van der Waals surface area contributed by atoms with Crippen LogP contribution in [0.25, 0.3) is 11.2 Å². The quantitative estimate of drug-likeness (QED) is 0.658. The highest BCUT2D eigenvalue weighted by atomic mass is 16.5. The predicted molar refractivity (Wildman–Crippen MR) is 117 cm³/mol. The van der Waals surface area contributed by atoms with Crippen molar-refractivity contribution in [2.24, 2.45) is 0 Å². The van der Waals surface area contributed by atoms with E-state index in [-0.39, 0.29) is 11.9 Å². The second-order valence-corrected chi connectivity index (χ2v) is 8.48. The fourth-order valence-corrected chi connectivity index (χ4v) is 4.48. The maximum atomic E-state index is 12.8. The van der Waals surface area contributed by atoms with Crippen LogP contribution in [0.15, 0.2) is 43.1 Å². The summed E-state index contributed by atoms with van der Waals surface area (Å²) in [5.41, 5.74) is 3.13. The minimum Gasteiger partial charge on any atom is -0.377 e. The molecule has 1 amide bonds. The highest BCUT2D eigenvalue weighted by molar-refractivity contribution is 5.96. The van der Waals surface area contributed by atoms with Gasteiger partial charge in [0.15, 0.2) is 5.65 Å². The molecule has 2 fully saturated rings. The van der Waals surface area contributed by atoms with Crippen LogP contribution in [-0.2, 0) is 11.3 Å². The lowest BCUT2D eigenvalue weighted by Gasteiger charge is -2.33. The van der Waals surface area contributed by atoms with Gasteiger partial charge in [0.25, 0.3) is 5.91 Å². The number of fused-ring (bicyclic) bond motifs is 1. The maximum Gasteiger partial charge on any atom is 0.253 e. The SMILES string of the molecule is O=C(NC1CCN(CC2CCCO2)CC1)c1cnc2c(c1)ncn2Cc1cccnc1. The number of piperidine rings is 1. The zero-order valence-electron chi connectivity index (χ0n) is 17.6. The van der Waals surface area contributed by atoms with E-state index < -0.39 is 0 Å².